The maximum absolute atomic E-state index is 5.45. The number of hydrogen-bond acceptors (Lipinski definition) is 2. The summed E-state index contributed by atoms with van der Waals surface area (Å²) in [6.45, 7) is 4.96. The Balaban J connectivity index is 2.32. The van der Waals surface area contributed by atoms with Crippen LogP contribution in [0.25, 0.3) is 0 Å². The first kappa shape index (κ1) is 7.62. The van der Waals surface area contributed by atoms with Crippen molar-refractivity contribution in [3.05, 3.63) is 35.3 Å². The first-order valence-corrected chi connectivity index (χ1v) is 4.24. The lowest BCUT2D eigenvalue weighted by Gasteiger charge is -2.06. The summed E-state index contributed by atoms with van der Waals surface area (Å²) in [6, 6.07) is 2.46. The van der Waals surface area contributed by atoms with E-state index in [9.17, 15) is 0 Å². The smallest absolute Gasteiger partial charge is 0.106 e. The minimum Gasteiger partial charge on any atom is -0.466 e. The van der Waals surface area contributed by atoms with Crippen molar-refractivity contribution in [2.24, 2.45) is 0 Å². The standard InChI is InChI=1S/C10H13NO/c1-7-6-9(8(2)12-7)10-4-3-5-11-10/h3-4,6,10-11H,5H2,1-2H3. The normalized spacial score (nSPS) is 22.0. The number of nitrogens with one attached hydrogen (secondary N) is 1. The molecule has 1 unspecified atom stereocenters. The van der Waals surface area contributed by atoms with E-state index in [-0.39, 0.29) is 0 Å². The molecule has 0 aliphatic carbocycles. The lowest BCUT2D eigenvalue weighted by molar-refractivity contribution is 0.498. The highest BCUT2D eigenvalue weighted by Gasteiger charge is 2.15. The molecule has 1 aliphatic rings. The third-order valence-corrected chi connectivity index (χ3v) is 2.20. The van der Waals surface area contributed by atoms with Gasteiger partial charge in [0.05, 0.1) is 6.04 Å². The van der Waals surface area contributed by atoms with E-state index >= 15 is 0 Å². The van der Waals surface area contributed by atoms with Crippen LogP contribution in [0, 0.1) is 13.8 Å². The highest BCUT2D eigenvalue weighted by molar-refractivity contribution is 5.29. The fourth-order valence-electron chi connectivity index (χ4n) is 1.64. The van der Waals surface area contributed by atoms with E-state index in [2.05, 4.69) is 23.5 Å². The van der Waals surface area contributed by atoms with E-state index in [4.69, 9.17) is 4.42 Å². The van der Waals surface area contributed by atoms with Crippen LogP contribution in [0.15, 0.2) is 22.6 Å². The zero-order valence-corrected chi connectivity index (χ0v) is 7.42. The van der Waals surface area contributed by atoms with Crippen molar-refractivity contribution in [3.63, 3.8) is 0 Å². The van der Waals surface area contributed by atoms with E-state index < -0.39 is 0 Å². The Bertz CT molecular complexity index is 312. The van der Waals surface area contributed by atoms with Crippen LogP contribution < -0.4 is 5.32 Å². The molecule has 1 N–H and O–H groups in total. The lowest BCUT2D eigenvalue weighted by atomic mass is 10.1. The second-order valence-corrected chi connectivity index (χ2v) is 3.18. The summed E-state index contributed by atoms with van der Waals surface area (Å²) in [5, 5.41) is 3.36. The van der Waals surface area contributed by atoms with E-state index in [0.717, 1.165) is 18.1 Å². The summed E-state index contributed by atoms with van der Waals surface area (Å²) >= 11 is 0. The summed E-state index contributed by atoms with van der Waals surface area (Å²) < 4.78 is 5.45. The van der Waals surface area contributed by atoms with E-state index in [1.165, 1.54) is 5.56 Å². The molecule has 0 aromatic carbocycles. The van der Waals surface area contributed by atoms with Crippen LogP contribution in [-0.4, -0.2) is 6.54 Å². The van der Waals surface area contributed by atoms with Crippen LogP contribution in [0.3, 0.4) is 0 Å². The monoisotopic (exact) mass is 163 g/mol. The van der Waals surface area contributed by atoms with Crippen LogP contribution in [0.2, 0.25) is 0 Å². The molecule has 0 saturated carbocycles. The third-order valence-electron chi connectivity index (χ3n) is 2.20. The largest absolute Gasteiger partial charge is 0.466 e. The second-order valence-electron chi connectivity index (χ2n) is 3.18. The Labute approximate surface area is 72.3 Å². The van der Waals surface area contributed by atoms with Crippen molar-refractivity contribution in [2.45, 2.75) is 19.9 Å². The topological polar surface area (TPSA) is 25.2 Å². The molecule has 2 nitrogen and oxygen atoms in total. The molecule has 0 saturated heterocycles. The molecule has 1 aromatic heterocycles. The van der Waals surface area contributed by atoms with Gasteiger partial charge in [-0.25, -0.2) is 0 Å². The molecule has 0 bridgehead atoms. The van der Waals surface area contributed by atoms with Gasteiger partial charge in [-0.3, -0.25) is 0 Å². The van der Waals surface area contributed by atoms with Crippen LogP contribution in [-0.2, 0) is 0 Å². The van der Waals surface area contributed by atoms with Crippen LogP contribution in [0.1, 0.15) is 23.1 Å². The molecule has 0 spiro atoms. The van der Waals surface area contributed by atoms with Crippen molar-refractivity contribution in [1.29, 1.82) is 0 Å². The molecule has 1 aliphatic heterocycles. The molecule has 0 radical (unpaired) electrons. The van der Waals surface area contributed by atoms with Gasteiger partial charge >= 0.3 is 0 Å². The summed E-state index contributed by atoms with van der Waals surface area (Å²) in [5.74, 6) is 2.01. The van der Waals surface area contributed by atoms with Crippen LogP contribution in [0.5, 0.6) is 0 Å². The average molecular weight is 163 g/mol. The Morgan fingerprint density at radius 2 is 2.33 bits per heavy atom. The lowest BCUT2D eigenvalue weighted by Crippen LogP contribution is -2.13. The predicted octanol–water partition coefficient (Wildman–Crippen LogP) is 2.10. The number of rotatable bonds is 1. The predicted molar refractivity (Wildman–Crippen MR) is 48.1 cm³/mol. The Kier molecular flexibility index (Phi) is 1.77. The maximum Gasteiger partial charge on any atom is 0.106 e. The van der Waals surface area contributed by atoms with Gasteiger partial charge in [-0.05, 0) is 19.9 Å². The van der Waals surface area contributed by atoms with Gasteiger partial charge in [0.25, 0.3) is 0 Å². The first-order chi connectivity index (χ1) is 5.77. The molecular weight excluding hydrogens is 150 g/mol. The minimum absolute atomic E-state index is 0.363. The number of furan rings is 1. The number of aryl methyl sites for hydroxylation is 2. The summed E-state index contributed by atoms with van der Waals surface area (Å²) in [5.41, 5.74) is 1.27. The molecule has 2 rings (SSSR count). The van der Waals surface area contributed by atoms with Crippen molar-refractivity contribution in [3.8, 4) is 0 Å². The van der Waals surface area contributed by atoms with Crippen molar-refractivity contribution < 1.29 is 4.42 Å². The maximum atomic E-state index is 5.45. The fraction of sp³-hybridized carbons (Fsp3) is 0.400. The van der Waals surface area contributed by atoms with Crippen molar-refractivity contribution >= 4 is 0 Å². The molecule has 1 aromatic rings. The average Bonchev–Trinajstić information content (AvgIpc) is 2.58. The van der Waals surface area contributed by atoms with E-state index in [0.29, 0.717) is 6.04 Å². The van der Waals surface area contributed by atoms with Gasteiger partial charge in [0.1, 0.15) is 11.5 Å². The Morgan fingerprint density at radius 3 is 2.83 bits per heavy atom. The number of hydrogen-bond donors (Lipinski definition) is 1. The van der Waals surface area contributed by atoms with Gasteiger partial charge in [-0.15, -0.1) is 0 Å². The zero-order chi connectivity index (χ0) is 8.55. The highest BCUT2D eigenvalue weighted by atomic mass is 16.3. The van der Waals surface area contributed by atoms with Crippen LogP contribution >= 0.6 is 0 Å². The van der Waals surface area contributed by atoms with E-state index in [1.54, 1.807) is 0 Å². The summed E-state index contributed by atoms with van der Waals surface area (Å²) in [6.07, 6.45) is 4.32. The Hall–Kier alpha value is -1.02. The van der Waals surface area contributed by atoms with Crippen molar-refractivity contribution in [2.75, 3.05) is 6.54 Å². The minimum atomic E-state index is 0.363. The highest BCUT2D eigenvalue weighted by Crippen LogP contribution is 2.24. The fourth-order valence-corrected chi connectivity index (χ4v) is 1.64. The van der Waals surface area contributed by atoms with Gasteiger partial charge in [-0.1, -0.05) is 12.2 Å². The van der Waals surface area contributed by atoms with Gasteiger partial charge in [0.2, 0.25) is 0 Å². The van der Waals surface area contributed by atoms with Crippen LogP contribution in [0.4, 0.5) is 0 Å². The Morgan fingerprint density at radius 1 is 1.50 bits per heavy atom. The quantitative estimate of drug-likeness (QED) is 0.641. The SMILES string of the molecule is Cc1cc(C2C=CCN2)c(C)o1. The molecule has 12 heavy (non-hydrogen) atoms. The second kappa shape index (κ2) is 2.79. The molecular formula is C10H13NO. The first-order valence-electron chi connectivity index (χ1n) is 4.24. The summed E-state index contributed by atoms with van der Waals surface area (Å²) in [4.78, 5) is 0. The molecule has 0 fully saturated rings. The van der Waals surface area contributed by atoms with Gasteiger partial charge in [0, 0.05) is 12.1 Å². The molecule has 1 atom stereocenters. The molecule has 2 heteroatoms. The molecule has 0 amide bonds. The van der Waals surface area contributed by atoms with E-state index in [1.807, 2.05) is 13.8 Å². The van der Waals surface area contributed by atoms with Gasteiger partial charge in [-0.2, -0.15) is 0 Å². The third kappa shape index (κ3) is 1.18. The van der Waals surface area contributed by atoms with Crippen molar-refractivity contribution in [1.82, 2.24) is 5.32 Å². The summed E-state index contributed by atoms with van der Waals surface area (Å²) in [7, 11) is 0. The van der Waals surface area contributed by atoms with Gasteiger partial charge < -0.3 is 9.73 Å². The molecule has 64 valence electrons. The van der Waals surface area contributed by atoms with Gasteiger partial charge in [0.15, 0.2) is 0 Å². The zero-order valence-electron chi connectivity index (χ0n) is 7.42. The molecule has 2 heterocycles.